The number of rotatable bonds is 27. The number of hydrogen-bond donors (Lipinski definition) is 4. The fourth-order valence-electron chi connectivity index (χ4n) is 5.28. The first kappa shape index (κ1) is 41.9. The quantitative estimate of drug-likeness (QED) is 0.0574. The monoisotopic (exact) mass is 670 g/mol. The van der Waals surface area contributed by atoms with Crippen LogP contribution >= 0.6 is 0 Å². The van der Waals surface area contributed by atoms with Crippen molar-refractivity contribution in [2.45, 2.75) is 134 Å². The van der Waals surface area contributed by atoms with Crippen LogP contribution in [0.4, 0.5) is 13.2 Å². The minimum atomic E-state index is -2.75. The van der Waals surface area contributed by atoms with Crippen molar-refractivity contribution in [3.05, 3.63) is 42.0 Å². The molecule has 1 aromatic carbocycles. The van der Waals surface area contributed by atoms with E-state index in [1.807, 2.05) is 0 Å². The van der Waals surface area contributed by atoms with Crippen LogP contribution < -0.4 is 15.4 Å². The number of ether oxygens (including phenoxy) is 1. The zero-order valence-electron chi connectivity index (χ0n) is 28.5. The molecule has 8 nitrogen and oxygen atoms in total. The lowest BCUT2D eigenvalue weighted by Crippen LogP contribution is -2.56. The molecule has 0 unspecified atom stereocenters. The number of aliphatic hydroxyl groups is 1. The summed E-state index contributed by atoms with van der Waals surface area (Å²) in [6.07, 6.45) is 10.8. The second-order valence-corrected chi connectivity index (χ2v) is 12.3. The van der Waals surface area contributed by atoms with Crippen molar-refractivity contribution in [1.29, 1.82) is 0 Å². The lowest BCUT2D eigenvalue weighted by atomic mass is 9.83. The van der Waals surface area contributed by atoms with Gasteiger partial charge < -0.3 is 25.6 Å². The van der Waals surface area contributed by atoms with Gasteiger partial charge in [-0.05, 0) is 49.8 Å². The average Bonchev–Trinajstić information content (AvgIpc) is 3.04. The molecule has 2 amide bonds. The van der Waals surface area contributed by atoms with Gasteiger partial charge in [-0.15, -0.1) is 0 Å². The van der Waals surface area contributed by atoms with Gasteiger partial charge in [0.1, 0.15) is 11.8 Å². The molecule has 0 radical (unpaired) electrons. The Bertz CT molecular complexity index is 1070. The molecule has 0 aliphatic heterocycles. The predicted octanol–water partition coefficient (Wildman–Crippen LogP) is 7.32. The van der Waals surface area contributed by atoms with Gasteiger partial charge in [-0.2, -0.15) is 0 Å². The molecule has 0 saturated heterocycles. The van der Waals surface area contributed by atoms with Crippen LogP contribution in [0.2, 0.25) is 0 Å². The third-order valence-corrected chi connectivity index (χ3v) is 8.29. The van der Waals surface area contributed by atoms with Gasteiger partial charge in [0.05, 0.1) is 19.2 Å². The van der Waals surface area contributed by atoms with Crippen LogP contribution in [-0.4, -0.2) is 65.9 Å². The maximum Gasteiger partial charge on any atom is 0.336 e. The lowest BCUT2D eigenvalue weighted by molar-refractivity contribution is -0.167. The van der Waals surface area contributed by atoms with Gasteiger partial charge >= 0.3 is 5.97 Å². The van der Waals surface area contributed by atoms with Crippen molar-refractivity contribution in [1.82, 2.24) is 10.6 Å². The van der Waals surface area contributed by atoms with Gasteiger partial charge in [-0.3, -0.25) is 14.0 Å². The Kier molecular flexibility index (Phi) is 20.8. The topological polar surface area (TPSA) is 125 Å². The standard InChI is InChI=1S/C36H57F3N2O6/c1-4-6-8-12-15-22-35(38,39)23-16-13-10-9-11-14-17-30(36(46,24-25-37)34(44)45)32(42)41-31(33(43)40-3)27-28-18-20-29(21-19-28)47-26-7-5-2/h14,17-21,30-31,46H,4-13,15-16,22-27H2,1-3H3,(H,40,43)(H,41,42)(H,44,45)/b17-14+/t30-,31+,36+/m1/s1. The Morgan fingerprint density at radius 1 is 0.872 bits per heavy atom. The summed E-state index contributed by atoms with van der Waals surface area (Å²) in [5.74, 6) is -6.92. The molecule has 11 heteroatoms. The normalized spacial score (nSPS) is 14.4. The van der Waals surface area contributed by atoms with Gasteiger partial charge in [-0.1, -0.05) is 83.1 Å². The Morgan fingerprint density at radius 2 is 1.47 bits per heavy atom. The minimum absolute atomic E-state index is 0.0730. The van der Waals surface area contributed by atoms with E-state index in [9.17, 15) is 37.8 Å². The number of carboxylic acids is 1. The molecule has 0 aliphatic carbocycles. The number of benzene rings is 1. The molecular formula is C36H57F3N2O6. The maximum atomic E-state index is 14.1. The second-order valence-electron chi connectivity index (χ2n) is 12.3. The number of alkyl halides is 3. The first-order chi connectivity index (χ1) is 22.4. The van der Waals surface area contributed by atoms with Crippen LogP contribution in [0.25, 0.3) is 0 Å². The fourth-order valence-corrected chi connectivity index (χ4v) is 5.28. The molecule has 1 rings (SSSR count). The number of hydrogen-bond acceptors (Lipinski definition) is 5. The summed E-state index contributed by atoms with van der Waals surface area (Å²) in [4.78, 5) is 38.2. The molecule has 0 fully saturated rings. The number of unbranched alkanes of at least 4 members (excludes halogenated alkanes) is 9. The zero-order chi connectivity index (χ0) is 35.1. The summed E-state index contributed by atoms with van der Waals surface area (Å²) in [6, 6.07) is 5.92. The Labute approximate surface area is 278 Å². The van der Waals surface area contributed by atoms with Crippen molar-refractivity contribution >= 4 is 17.8 Å². The molecule has 0 aliphatic rings. The highest BCUT2D eigenvalue weighted by Gasteiger charge is 2.47. The molecular weight excluding hydrogens is 613 g/mol. The van der Waals surface area contributed by atoms with Gasteiger partial charge in [0.25, 0.3) is 0 Å². The first-order valence-corrected chi connectivity index (χ1v) is 17.2. The molecule has 1 aromatic rings. The SMILES string of the molecule is CCCCCCCC(F)(F)CCCCCC/C=C/[C@H](C(=O)N[C@@H](Cc1ccc(OCCCC)cc1)C(=O)NC)[C@@](O)(CCF)C(=O)O. The van der Waals surface area contributed by atoms with Crippen molar-refractivity contribution in [2.24, 2.45) is 5.92 Å². The van der Waals surface area contributed by atoms with E-state index in [1.165, 1.54) is 19.2 Å². The van der Waals surface area contributed by atoms with Gasteiger partial charge in [0.15, 0.2) is 5.60 Å². The van der Waals surface area contributed by atoms with Crippen LogP contribution in [0.15, 0.2) is 36.4 Å². The van der Waals surface area contributed by atoms with Crippen LogP contribution in [-0.2, 0) is 20.8 Å². The smallest absolute Gasteiger partial charge is 0.336 e. The van der Waals surface area contributed by atoms with Crippen molar-refractivity contribution in [2.75, 3.05) is 20.3 Å². The average molecular weight is 671 g/mol. The zero-order valence-corrected chi connectivity index (χ0v) is 28.5. The predicted molar refractivity (Wildman–Crippen MR) is 178 cm³/mol. The van der Waals surface area contributed by atoms with Crippen LogP contribution in [0.1, 0.15) is 116 Å². The molecule has 4 N–H and O–H groups in total. The van der Waals surface area contributed by atoms with E-state index in [0.717, 1.165) is 38.5 Å². The number of amides is 2. The summed E-state index contributed by atoms with van der Waals surface area (Å²) < 4.78 is 47.3. The van der Waals surface area contributed by atoms with Crippen LogP contribution in [0.3, 0.4) is 0 Å². The third-order valence-electron chi connectivity index (χ3n) is 8.29. The molecule has 0 heterocycles. The number of carbonyl (C=O) groups is 3. The van der Waals surface area contributed by atoms with E-state index in [4.69, 9.17) is 4.74 Å². The molecule has 0 aromatic heterocycles. The van der Waals surface area contributed by atoms with E-state index in [-0.39, 0.29) is 19.3 Å². The number of halogens is 3. The highest BCUT2D eigenvalue weighted by Crippen LogP contribution is 2.29. The number of carboxylic acid groups (broad SMARTS) is 1. The third kappa shape index (κ3) is 16.5. The van der Waals surface area contributed by atoms with E-state index in [1.54, 1.807) is 24.3 Å². The lowest BCUT2D eigenvalue weighted by Gasteiger charge is -2.30. The highest BCUT2D eigenvalue weighted by molar-refractivity contribution is 5.93. The van der Waals surface area contributed by atoms with E-state index >= 15 is 0 Å². The van der Waals surface area contributed by atoms with Gasteiger partial charge in [0, 0.05) is 32.7 Å². The van der Waals surface area contributed by atoms with Crippen LogP contribution in [0, 0.1) is 5.92 Å². The molecule has 47 heavy (non-hydrogen) atoms. The molecule has 0 spiro atoms. The molecule has 0 saturated carbocycles. The summed E-state index contributed by atoms with van der Waals surface area (Å²) in [7, 11) is 1.40. The van der Waals surface area contributed by atoms with Crippen molar-refractivity contribution < 1.29 is 42.5 Å². The maximum absolute atomic E-state index is 14.1. The van der Waals surface area contributed by atoms with E-state index in [2.05, 4.69) is 24.5 Å². The van der Waals surface area contributed by atoms with E-state index in [0.29, 0.717) is 56.4 Å². The summed E-state index contributed by atoms with van der Waals surface area (Å²) >= 11 is 0. The number of nitrogens with one attached hydrogen (secondary N) is 2. The minimum Gasteiger partial charge on any atom is -0.494 e. The number of likely N-dealkylation sites (N-methyl/N-ethyl adjacent to an activating group) is 1. The molecule has 0 bridgehead atoms. The number of carbonyl (C=O) groups excluding carboxylic acids is 2. The first-order valence-electron chi connectivity index (χ1n) is 17.2. The second kappa shape index (κ2) is 23.3. The number of aliphatic carboxylic acids is 1. The highest BCUT2D eigenvalue weighted by atomic mass is 19.3. The molecule has 268 valence electrons. The van der Waals surface area contributed by atoms with Gasteiger partial charge in [-0.25, -0.2) is 13.6 Å². The summed E-state index contributed by atoms with van der Waals surface area (Å²) in [6.45, 7) is 3.53. The van der Waals surface area contributed by atoms with Crippen molar-refractivity contribution in [3.8, 4) is 5.75 Å². The number of allylic oxidation sites excluding steroid dienone is 1. The Balaban J connectivity index is 2.83. The summed E-state index contributed by atoms with van der Waals surface area (Å²) in [5.41, 5.74) is -2.04. The van der Waals surface area contributed by atoms with Gasteiger partial charge in [0.2, 0.25) is 17.7 Å². The van der Waals surface area contributed by atoms with Crippen molar-refractivity contribution in [3.63, 3.8) is 0 Å². The Morgan fingerprint density at radius 3 is 2.02 bits per heavy atom. The Hall–Kier alpha value is -3.08. The van der Waals surface area contributed by atoms with E-state index < -0.39 is 54.4 Å². The largest absolute Gasteiger partial charge is 0.494 e. The van der Waals surface area contributed by atoms with Crippen LogP contribution in [0.5, 0.6) is 5.75 Å². The fraction of sp³-hybridized carbons (Fsp3) is 0.694. The summed E-state index contributed by atoms with van der Waals surface area (Å²) in [5, 5.41) is 25.8. The molecule has 3 atom stereocenters.